The van der Waals surface area contributed by atoms with Crippen LogP contribution in [0.2, 0.25) is 0 Å². The van der Waals surface area contributed by atoms with Gasteiger partial charge in [0, 0.05) is 0 Å². The van der Waals surface area contributed by atoms with Gasteiger partial charge in [0.2, 0.25) is 0 Å². The van der Waals surface area contributed by atoms with Crippen LogP contribution in [-0.2, 0) is 14.2 Å². The minimum atomic E-state index is 0. The first-order valence-electron chi connectivity index (χ1n) is 6.54. The number of fused-ring (bicyclic) bond motifs is 1. The van der Waals surface area contributed by atoms with Gasteiger partial charge in [0.05, 0.1) is 39.6 Å². The van der Waals surface area contributed by atoms with E-state index in [0.717, 1.165) is 11.5 Å². The van der Waals surface area contributed by atoms with E-state index >= 15 is 0 Å². The normalized spacial score (nSPS) is 17.3. The van der Waals surface area contributed by atoms with Gasteiger partial charge < -0.3 is 23.7 Å². The van der Waals surface area contributed by atoms with Crippen LogP contribution in [0.25, 0.3) is 0 Å². The fourth-order valence-corrected chi connectivity index (χ4v) is 1.65. The molecule has 21 heavy (non-hydrogen) atoms. The third-order valence-corrected chi connectivity index (χ3v) is 2.56. The minimum absolute atomic E-state index is 0. The van der Waals surface area contributed by atoms with Crippen LogP contribution < -0.4 is 67.7 Å². The number of ether oxygens (including phenoxy) is 5. The molecule has 0 spiro atoms. The Balaban J connectivity index is 0.00000200. The van der Waals surface area contributed by atoms with Crippen molar-refractivity contribution in [3.8, 4) is 11.5 Å². The zero-order valence-corrected chi connectivity index (χ0v) is 16.9. The topological polar surface area (TPSA) is 46.2 Å². The first kappa shape index (κ1) is 21.6. The molecule has 5 nitrogen and oxygen atoms in total. The molecule has 114 valence electrons. The van der Waals surface area contributed by atoms with Gasteiger partial charge in [-0.15, -0.1) is 0 Å². The summed E-state index contributed by atoms with van der Waals surface area (Å²) in [6.45, 7) is 4.37. The van der Waals surface area contributed by atoms with Crippen molar-refractivity contribution in [2.24, 2.45) is 0 Å². The van der Waals surface area contributed by atoms with Crippen molar-refractivity contribution in [3.63, 3.8) is 0 Å². The molecular weight excluding hydrogens is 344 g/mol. The summed E-state index contributed by atoms with van der Waals surface area (Å²) >= 11 is 0. The molecule has 1 heterocycles. The first-order chi connectivity index (χ1) is 9.47. The van der Waals surface area contributed by atoms with Gasteiger partial charge in [-0.1, -0.05) is 20.5 Å². The summed E-state index contributed by atoms with van der Waals surface area (Å²) in [5, 5.41) is 0. The van der Waals surface area contributed by atoms with Gasteiger partial charge in [-0.2, -0.15) is 0 Å². The van der Waals surface area contributed by atoms with Gasteiger partial charge in [0.1, 0.15) is 13.2 Å². The van der Waals surface area contributed by atoms with Crippen LogP contribution in [0.5, 0.6) is 11.5 Å². The number of benzene rings is 1. The molecule has 0 aliphatic carbocycles. The molecule has 0 saturated heterocycles. The standard InChI is InChI=1S/C14H20O5.BH4.Rb/c1-2-4-14-13(3-1)18-11-9-16-7-5-15-6-8-17-10-12-19-14;;/h1-4H,5-12H2;1H4;/q;-1;+1. The van der Waals surface area contributed by atoms with Gasteiger partial charge >= 0.3 is 58.2 Å². The van der Waals surface area contributed by atoms with Crippen LogP contribution in [0, 0.1) is 0 Å². The fraction of sp³-hybridized carbons (Fsp3) is 0.571. The van der Waals surface area contributed by atoms with Crippen LogP contribution in [0.4, 0.5) is 0 Å². The molecule has 1 aromatic rings. The quantitative estimate of drug-likeness (QED) is 0.459. The summed E-state index contributed by atoms with van der Waals surface area (Å²) in [5.74, 6) is 1.47. The van der Waals surface area contributed by atoms with Crippen molar-refractivity contribution in [1.29, 1.82) is 0 Å². The number of para-hydroxylation sites is 2. The summed E-state index contributed by atoms with van der Waals surface area (Å²) in [6.07, 6.45) is 0. The van der Waals surface area contributed by atoms with Crippen molar-refractivity contribution in [1.82, 2.24) is 0 Å². The molecule has 0 radical (unpaired) electrons. The maximum atomic E-state index is 5.63. The Kier molecular flexibility index (Phi) is 14.6. The fourth-order valence-electron chi connectivity index (χ4n) is 1.65. The summed E-state index contributed by atoms with van der Waals surface area (Å²) in [4.78, 5) is 0. The first-order valence-corrected chi connectivity index (χ1v) is 6.54. The van der Waals surface area contributed by atoms with Gasteiger partial charge in [0.25, 0.3) is 0 Å². The molecule has 0 N–H and O–H groups in total. The molecule has 0 unspecified atom stereocenters. The van der Waals surface area contributed by atoms with E-state index in [1.54, 1.807) is 0 Å². The van der Waals surface area contributed by atoms with E-state index in [-0.39, 0.29) is 66.6 Å². The molecule has 1 aliphatic rings. The zero-order chi connectivity index (χ0) is 13.2. The Bertz CT molecular complexity index is 334. The summed E-state index contributed by atoms with van der Waals surface area (Å²) in [7, 11) is 0. The van der Waals surface area contributed by atoms with E-state index in [4.69, 9.17) is 23.7 Å². The maximum Gasteiger partial charge on any atom is 1.00 e. The van der Waals surface area contributed by atoms with Gasteiger partial charge in [0.15, 0.2) is 11.5 Å². The second-order valence-electron chi connectivity index (χ2n) is 3.98. The number of hydrogen-bond donors (Lipinski definition) is 0. The van der Waals surface area contributed by atoms with Crippen molar-refractivity contribution in [3.05, 3.63) is 24.3 Å². The SMILES string of the molecule is [BH4-].[Rb+].c1ccc2c(c1)OCCOCCOCCOCCO2. The Morgan fingerprint density at radius 1 is 0.571 bits per heavy atom. The monoisotopic (exact) mass is 368 g/mol. The zero-order valence-electron chi connectivity index (χ0n) is 12.0. The third-order valence-electron chi connectivity index (χ3n) is 2.56. The van der Waals surface area contributed by atoms with E-state index < -0.39 is 0 Å². The van der Waals surface area contributed by atoms with Crippen molar-refractivity contribution in [2.75, 3.05) is 52.9 Å². The Morgan fingerprint density at radius 3 is 1.29 bits per heavy atom. The second-order valence-corrected chi connectivity index (χ2v) is 3.98. The number of hydrogen-bond acceptors (Lipinski definition) is 5. The molecule has 1 aromatic carbocycles. The van der Waals surface area contributed by atoms with Crippen molar-refractivity contribution >= 4 is 8.41 Å². The van der Waals surface area contributed by atoms with E-state index in [0.29, 0.717) is 52.9 Å². The molecule has 0 atom stereocenters. The smallest absolute Gasteiger partial charge is 0.487 e. The summed E-state index contributed by atoms with van der Waals surface area (Å²) in [5.41, 5.74) is 0. The van der Waals surface area contributed by atoms with E-state index in [9.17, 15) is 0 Å². The van der Waals surface area contributed by atoms with Crippen LogP contribution in [-0.4, -0.2) is 61.3 Å². The van der Waals surface area contributed by atoms with Gasteiger partial charge in [-0.25, -0.2) is 0 Å². The second kappa shape index (κ2) is 14.2. The molecule has 0 aromatic heterocycles. The predicted octanol–water partition coefficient (Wildman–Crippen LogP) is -2.94. The minimum Gasteiger partial charge on any atom is -0.487 e. The van der Waals surface area contributed by atoms with E-state index in [1.807, 2.05) is 24.3 Å². The molecule has 0 amide bonds. The van der Waals surface area contributed by atoms with Crippen molar-refractivity contribution < 1.29 is 81.9 Å². The molecule has 1 aliphatic heterocycles. The molecule has 2 rings (SSSR count). The Morgan fingerprint density at radius 2 is 0.905 bits per heavy atom. The Hall–Kier alpha value is 0.570. The molecule has 0 bridgehead atoms. The predicted molar refractivity (Wildman–Crippen MR) is 81.2 cm³/mol. The molecule has 7 heteroatoms. The average Bonchev–Trinajstić information content (AvgIpc) is 2.45. The van der Waals surface area contributed by atoms with Gasteiger partial charge in [-0.3, -0.25) is 0 Å². The van der Waals surface area contributed by atoms with Gasteiger partial charge in [-0.05, 0) is 12.1 Å². The maximum absolute atomic E-state index is 5.63. The molecular formula is C14H24BO5Rb. The van der Waals surface area contributed by atoms with E-state index in [1.165, 1.54) is 0 Å². The van der Waals surface area contributed by atoms with Crippen molar-refractivity contribution in [2.45, 2.75) is 0 Å². The summed E-state index contributed by atoms with van der Waals surface area (Å²) in [6, 6.07) is 7.61. The largest absolute Gasteiger partial charge is 1.00 e. The average molecular weight is 369 g/mol. The van der Waals surface area contributed by atoms with Crippen LogP contribution in [0.15, 0.2) is 24.3 Å². The number of rotatable bonds is 0. The summed E-state index contributed by atoms with van der Waals surface area (Å²) < 4.78 is 27.4. The third kappa shape index (κ3) is 9.33. The van der Waals surface area contributed by atoms with Crippen LogP contribution in [0.1, 0.15) is 0 Å². The Labute approximate surface area is 177 Å². The van der Waals surface area contributed by atoms with E-state index in [2.05, 4.69) is 0 Å². The molecule has 0 saturated carbocycles. The van der Waals surface area contributed by atoms with Crippen LogP contribution >= 0.6 is 0 Å². The molecule has 0 fully saturated rings. The van der Waals surface area contributed by atoms with Crippen LogP contribution in [0.3, 0.4) is 0 Å².